The number of ether oxygens (including phenoxy) is 1. The molecule has 3 aromatic rings. The fourth-order valence-corrected chi connectivity index (χ4v) is 3.58. The van der Waals surface area contributed by atoms with Gasteiger partial charge in [0, 0.05) is 11.4 Å². The van der Waals surface area contributed by atoms with Crippen molar-refractivity contribution in [3.8, 4) is 5.69 Å². The van der Waals surface area contributed by atoms with Crippen molar-refractivity contribution in [1.82, 2.24) is 14.8 Å². The molecule has 0 saturated heterocycles. The lowest BCUT2D eigenvalue weighted by Crippen LogP contribution is -2.25. The monoisotopic (exact) mass is 415 g/mol. The SMILES string of the molecule is CC(C)(C)OC(=O)CSc1nnc(Cc2ccccc2)n1-c1cccc(Cl)c1. The molecule has 0 aliphatic carbocycles. The second kappa shape index (κ2) is 8.80. The van der Waals surface area contributed by atoms with E-state index in [1.54, 1.807) is 0 Å². The molecule has 28 heavy (non-hydrogen) atoms. The van der Waals surface area contributed by atoms with Gasteiger partial charge in [0.2, 0.25) is 0 Å². The van der Waals surface area contributed by atoms with Gasteiger partial charge in [-0.1, -0.05) is 59.8 Å². The van der Waals surface area contributed by atoms with E-state index in [9.17, 15) is 4.79 Å². The fraction of sp³-hybridized carbons (Fsp3) is 0.286. The van der Waals surface area contributed by atoms with Crippen LogP contribution in [0.4, 0.5) is 0 Å². The summed E-state index contributed by atoms with van der Waals surface area (Å²) in [5.41, 5.74) is 1.47. The molecule has 0 fully saturated rings. The first-order valence-electron chi connectivity index (χ1n) is 8.90. The zero-order chi connectivity index (χ0) is 20.1. The van der Waals surface area contributed by atoms with Crippen LogP contribution in [0.1, 0.15) is 32.2 Å². The number of carbonyl (C=O) groups excluding carboxylic acids is 1. The molecular weight excluding hydrogens is 394 g/mol. The van der Waals surface area contributed by atoms with Crippen LogP contribution in [0, 0.1) is 0 Å². The highest BCUT2D eigenvalue weighted by molar-refractivity contribution is 7.99. The Kier molecular flexibility index (Phi) is 6.42. The van der Waals surface area contributed by atoms with E-state index < -0.39 is 5.60 Å². The third-order valence-electron chi connectivity index (χ3n) is 3.71. The van der Waals surface area contributed by atoms with Gasteiger partial charge in [-0.25, -0.2) is 0 Å². The Balaban J connectivity index is 1.88. The summed E-state index contributed by atoms with van der Waals surface area (Å²) in [6.07, 6.45) is 0.618. The molecule has 146 valence electrons. The number of benzene rings is 2. The second-order valence-electron chi connectivity index (χ2n) is 7.25. The van der Waals surface area contributed by atoms with Gasteiger partial charge in [0.1, 0.15) is 11.4 Å². The minimum absolute atomic E-state index is 0.154. The molecule has 0 aliphatic rings. The predicted octanol–water partition coefficient (Wildman–Crippen LogP) is 4.95. The smallest absolute Gasteiger partial charge is 0.316 e. The molecule has 0 radical (unpaired) electrons. The number of hydrogen-bond donors (Lipinski definition) is 0. The minimum atomic E-state index is -0.517. The molecular formula is C21H22ClN3O2S. The van der Waals surface area contributed by atoms with Gasteiger partial charge in [-0.15, -0.1) is 10.2 Å². The third kappa shape index (κ3) is 5.59. The van der Waals surface area contributed by atoms with Gasteiger partial charge < -0.3 is 4.74 Å². The van der Waals surface area contributed by atoms with E-state index in [4.69, 9.17) is 16.3 Å². The average Bonchev–Trinajstić information content (AvgIpc) is 3.02. The summed E-state index contributed by atoms with van der Waals surface area (Å²) in [7, 11) is 0. The van der Waals surface area contributed by atoms with Crippen LogP contribution in [-0.4, -0.2) is 32.1 Å². The number of rotatable bonds is 6. The van der Waals surface area contributed by atoms with E-state index >= 15 is 0 Å². The zero-order valence-corrected chi connectivity index (χ0v) is 17.6. The zero-order valence-electron chi connectivity index (χ0n) is 16.1. The predicted molar refractivity (Wildman–Crippen MR) is 112 cm³/mol. The maximum atomic E-state index is 12.1. The summed E-state index contributed by atoms with van der Waals surface area (Å²) < 4.78 is 7.33. The summed E-state index contributed by atoms with van der Waals surface area (Å²) in [6.45, 7) is 5.55. The van der Waals surface area contributed by atoms with Crippen molar-refractivity contribution in [2.24, 2.45) is 0 Å². The lowest BCUT2D eigenvalue weighted by atomic mass is 10.1. The Hall–Kier alpha value is -2.31. The molecule has 2 aromatic carbocycles. The molecule has 0 saturated carbocycles. The average molecular weight is 416 g/mol. The van der Waals surface area contributed by atoms with Gasteiger partial charge >= 0.3 is 5.97 Å². The van der Waals surface area contributed by atoms with Gasteiger partial charge in [-0.3, -0.25) is 9.36 Å². The molecule has 0 spiro atoms. The Morgan fingerprint density at radius 2 is 1.86 bits per heavy atom. The Bertz CT molecular complexity index is 952. The van der Waals surface area contributed by atoms with Crippen LogP contribution >= 0.6 is 23.4 Å². The van der Waals surface area contributed by atoms with Crippen LogP contribution < -0.4 is 0 Å². The van der Waals surface area contributed by atoms with E-state index in [0.29, 0.717) is 16.6 Å². The van der Waals surface area contributed by atoms with E-state index in [1.807, 2.05) is 79.9 Å². The fourth-order valence-electron chi connectivity index (χ4n) is 2.66. The number of halogens is 1. The summed E-state index contributed by atoms with van der Waals surface area (Å²) in [4.78, 5) is 12.1. The number of esters is 1. The summed E-state index contributed by atoms with van der Waals surface area (Å²) in [6, 6.07) is 17.6. The first-order valence-corrected chi connectivity index (χ1v) is 10.3. The molecule has 0 unspecified atom stereocenters. The molecule has 1 heterocycles. The van der Waals surface area contributed by atoms with Gasteiger partial charge in [-0.2, -0.15) is 0 Å². The molecule has 7 heteroatoms. The van der Waals surface area contributed by atoms with Crippen molar-refractivity contribution in [1.29, 1.82) is 0 Å². The first-order chi connectivity index (χ1) is 13.3. The topological polar surface area (TPSA) is 57.0 Å². The maximum absolute atomic E-state index is 12.1. The highest BCUT2D eigenvalue weighted by atomic mass is 35.5. The molecule has 3 rings (SSSR count). The highest BCUT2D eigenvalue weighted by Crippen LogP contribution is 2.25. The molecule has 0 N–H and O–H groups in total. The second-order valence-corrected chi connectivity index (χ2v) is 8.63. The van der Waals surface area contributed by atoms with Crippen molar-refractivity contribution in [2.75, 3.05) is 5.75 Å². The molecule has 5 nitrogen and oxygen atoms in total. The third-order valence-corrected chi connectivity index (χ3v) is 4.85. The maximum Gasteiger partial charge on any atom is 0.316 e. The lowest BCUT2D eigenvalue weighted by Gasteiger charge is -2.19. The molecule has 0 bridgehead atoms. The normalized spacial score (nSPS) is 11.4. The van der Waals surface area contributed by atoms with Crippen molar-refractivity contribution in [3.05, 3.63) is 71.0 Å². The van der Waals surface area contributed by atoms with Crippen molar-refractivity contribution in [3.63, 3.8) is 0 Å². The number of hydrogen-bond acceptors (Lipinski definition) is 5. The van der Waals surface area contributed by atoms with Crippen LogP contribution in [0.2, 0.25) is 5.02 Å². The van der Waals surface area contributed by atoms with Gasteiger partial charge in [-0.05, 0) is 44.5 Å². The van der Waals surface area contributed by atoms with Crippen molar-refractivity contribution < 1.29 is 9.53 Å². The van der Waals surface area contributed by atoms with Gasteiger partial charge in [0.05, 0.1) is 11.4 Å². The van der Waals surface area contributed by atoms with Gasteiger partial charge in [0.15, 0.2) is 5.16 Å². The van der Waals surface area contributed by atoms with Crippen molar-refractivity contribution in [2.45, 2.75) is 37.9 Å². The van der Waals surface area contributed by atoms with E-state index in [2.05, 4.69) is 10.2 Å². The number of carbonyl (C=O) groups is 1. The number of thioether (sulfide) groups is 1. The number of nitrogens with zero attached hydrogens (tertiary/aromatic N) is 3. The minimum Gasteiger partial charge on any atom is -0.459 e. The molecule has 0 atom stereocenters. The molecule has 0 amide bonds. The molecule has 0 aliphatic heterocycles. The lowest BCUT2D eigenvalue weighted by molar-refractivity contribution is -0.151. The standard InChI is InChI=1S/C21H22ClN3O2S/c1-21(2,3)27-19(26)14-28-20-24-23-18(12-15-8-5-4-6-9-15)25(20)17-11-7-10-16(22)13-17/h4-11,13H,12,14H2,1-3H3. The van der Waals surface area contributed by atoms with E-state index in [0.717, 1.165) is 17.1 Å². The highest BCUT2D eigenvalue weighted by Gasteiger charge is 2.20. The number of aromatic nitrogens is 3. The van der Waals surface area contributed by atoms with Crippen LogP contribution in [-0.2, 0) is 16.0 Å². The summed E-state index contributed by atoms with van der Waals surface area (Å²) >= 11 is 7.49. The summed E-state index contributed by atoms with van der Waals surface area (Å²) in [5.74, 6) is 0.643. The first kappa shape index (κ1) is 20.4. The summed E-state index contributed by atoms with van der Waals surface area (Å²) in [5, 5.41) is 9.93. The molecule has 1 aromatic heterocycles. The van der Waals surface area contributed by atoms with Gasteiger partial charge in [0.25, 0.3) is 0 Å². The Morgan fingerprint density at radius 1 is 1.11 bits per heavy atom. The van der Waals surface area contributed by atoms with Crippen LogP contribution in [0.15, 0.2) is 59.8 Å². The quantitative estimate of drug-likeness (QED) is 0.421. The van der Waals surface area contributed by atoms with E-state index in [-0.39, 0.29) is 11.7 Å². The van der Waals surface area contributed by atoms with Crippen LogP contribution in [0.25, 0.3) is 5.69 Å². The Labute approximate surface area is 174 Å². The largest absolute Gasteiger partial charge is 0.459 e. The van der Waals surface area contributed by atoms with E-state index in [1.165, 1.54) is 11.8 Å². The van der Waals surface area contributed by atoms with Crippen LogP contribution in [0.5, 0.6) is 0 Å². The Morgan fingerprint density at radius 3 is 2.54 bits per heavy atom. The van der Waals surface area contributed by atoms with Crippen LogP contribution in [0.3, 0.4) is 0 Å². The van der Waals surface area contributed by atoms with Crippen molar-refractivity contribution >= 4 is 29.3 Å².